The van der Waals surface area contributed by atoms with Crippen LogP contribution in [0.5, 0.6) is 0 Å². The van der Waals surface area contributed by atoms with Crippen LogP contribution >= 0.6 is 11.3 Å². The maximum atomic E-state index is 11.6. The number of nitrogens with one attached hydrogen (secondary N) is 1. The van der Waals surface area contributed by atoms with Gasteiger partial charge >= 0.3 is 0 Å². The first-order chi connectivity index (χ1) is 7.69. The van der Waals surface area contributed by atoms with E-state index in [1.165, 1.54) is 10.4 Å². The van der Waals surface area contributed by atoms with Gasteiger partial charge in [0.05, 0.1) is 0 Å². The summed E-state index contributed by atoms with van der Waals surface area (Å²) in [5, 5.41) is 5.02. The molecule has 0 spiro atoms. The van der Waals surface area contributed by atoms with Crippen LogP contribution in [-0.4, -0.2) is 19.0 Å². The second-order valence-corrected chi connectivity index (χ2v) is 4.91. The van der Waals surface area contributed by atoms with E-state index in [0.717, 1.165) is 12.8 Å². The molecule has 0 radical (unpaired) electrons. The smallest absolute Gasteiger partial charge is 0.224 e. The van der Waals surface area contributed by atoms with Crippen molar-refractivity contribution in [2.45, 2.75) is 26.7 Å². The van der Waals surface area contributed by atoms with Crippen LogP contribution in [0.2, 0.25) is 0 Å². The maximum absolute atomic E-state index is 11.6. The molecule has 1 atom stereocenters. The summed E-state index contributed by atoms with van der Waals surface area (Å²) in [4.78, 5) is 13.0. The van der Waals surface area contributed by atoms with Gasteiger partial charge in [-0.3, -0.25) is 4.79 Å². The molecule has 0 aliphatic heterocycles. The fourth-order valence-electron chi connectivity index (χ4n) is 1.56. The Labute approximate surface area is 101 Å². The molecule has 0 saturated carbocycles. The van der Waals surface area contributed by atoms with Crippen molar-refractivity contribution in [1.29, 1.82) is 0 Å². The molecule has 1 unspecified atom stereocenters. The molecule has 4 heteroatoms. The Morgan fingerprint density at radius 2 is 2.38 bits per heavy atom. The lowest BCUT2D eigenvalue weighted by atomic mass is 10.1. The minimum atomic E-state index is -0.0376. The van der Waals surface area contributed by atoms with Crippen LogP contribution in [0.3, 0.4) is 0 Å². The molecule has 3 nitrogen and oxygen atoms in total. The van der Waals surface area contributed by atoms with E-state index >= 15 is 0 Å². The second kappa shape index (κ2) is 6.66. The van der Waals surface area contributed by atoms with Crippen molar-refractivity contribution in [3.63, 3.8) is 0 Å². The van der Waals surface area contributed by atoms with E-state index in [0.29, 0.717) is 13.1 Å². The van der Waals surface area contributed by atoms with Gasteiger partial charge in [0.2, 0.25) is 5.91 Å². The molecule has 1 heterocycles. The third-order valence-corrected chi connectivity index (χ3v) is 3.85. The van der Waals surface area contributed by atoms with Crippen LogP contribution in [0.1, 0.15) is 23.8 Å². The number of aryl methyl sites for hydroxylation is 1. The highest BCUT2D eigenvalue weighted by Gasteiger charge is 2.13. The Hall–Kier alpha value is -0.870. The van der Waals surface area contributed by atoms with E-state index in [2.05, 4.69) is 23.7 Å². The van der Waals surface area contributed by atoms with Crippen LogP contribution in [0.4, 0.5) is 0 Å². The summed E-state index contributed by atoms with van der Waals surface area (Å²) >= 11 is 1.75. The number of carbonyl (C=O) groups is 1. The first-order valence-electron chi connectivity index (χ1n) is 5.69. The van der Waals surface area contributed by atoms with Crippen molar-refractivity contribution in [2.75, 3.05) is 13.1 Å². The van der Waals surface area contributed by atoms with Gasteiger partial charge in [0.25, 0.3) is 0 Å². The minimum absolute atomic E-state index is 0.0376. The van der Waals surface area contributed by atoms with Gasteiger partial charge in [-0.2, -0.15) is 0 Å². The van der Waals surface area contributed by atoms with Crippen molar-refractivity contribution in [2.24, 2.45) is 11.7 Å². The van der Waals surface area contributed by atoms with E-state index in [-0.39, 0.29) is 11.8 Å². The zero-order chi connectivity index (χ0) is 12.0. The Morgan fingerprint density at radius 1 is 1.62 bits per heavy atom. The fourth-order valence-corrected chi connectivity index (χ4v) is 2.47. The Bertz CT molecular complexity index is 332. The summed E-state index contributed by atoms with van der Waals surface area (Å²) in [7, 11) is 0. The molecule has 3 N–H and O–H groups in total. The van der Waals surface area contributed by atoms with Crippen molar-refractivity contribution in [3.8, 4) is 0 Å². The molecule has 1 rings (SSSR count). The van der Waals surface area contributed by atoms with Crippen molar-refractivity contribution in [1.82, 2.24) is 5.32 Å². The van der Waals surface area contributed by atoms with Gasteiger partial charge in [-0.1, -0.05) is 6.92 Å². The summed E-state index contributed by atoms with van der Waals surface area (Å²) < 4.78 is 0. The summed E-state index contributed by atoms with van der Waals surface area (Å²) in [5.74, 6) is 0.0450. The van der Waals surface area contributed by atoms with Crippen LogP contribution in [-0.2, 0) is 11.2 Å². The molecule has 0 fully saturated rings. The molecule has 0 aliphatic carbocycles. The number of carbonyl (C=O) groups excluding carboxylic acids is 1. The van der Waals surface area contributed by atoms with E-state index in [9.17, 15) is 4.79 Å². The zero-order valence-electron chi connectivity index (χ0n) is 9.95. The highest BCUT2D eigenvalue weighted by Crippen LogP contribution is 2.15. The van der Waals surface area contributed by atoms with Gasteiger partial charge in [0.1, 0.15) is 0 Å². The van der Waals surface area contributed by atoms with E-state index in [4.69, 9.17) is 5.73 Å². The Kier molecular flexibility index (Phi) is 5.49. The van der Waals surface area contributed by atoms with Crippen molar-refractivity contribution >= 4 is 17.2 Å². The molecule has 16 heavy (non-hydrogen) atoms. The van der Waals surface area contributed by atoms with Gasteiger partial charge in [0, 0.05) is 23.9 Å². The highest BCUT2D eigenvalue weighted by molar-refractivity contribution is 7.10. The van der Waals surface area contributed by atoms with Gasteiger partial charge in [-0.05, 0) is 36.8 Å². The standard InChI is InChI=1S/C12H20N2OS/c1-3-10(8-13)12(15)14-6-4-11-9(2)5-7-16-11/h5,7,10H,3-4,6,8,13H2,1-2H3,(H,14,15). The first-order valence-corrected chi connectivity index (χ1v) is 6.57. The Morgan fingerprint density at radius 3 is 2.88 bits per heavy atom. The molecule has 0 aromatic carbocycles. The molecular formula is C12H20N2OS. The summed E-state index contributed by atoms with van der Waals surface area (Å²) in [5.41, 5.74) is 6.83. The zero-order valence-corrected chi connectivity index (χ0v) is 10.8. The van der Waals surface area contributed by atoms with Crippen LogP contribution in [0.15, 0.2) is 11.4 Å². The summed E-state index contributed by atoms with van der Waals surface area (Å²) in [6.07, 6.45) is 1.72. The predicted molar refractivity (Wildman–Crippen MR) is 68.6 cm³/mol. The highest BCUT2D eigenvalue weighted by atomic mass is 32.1. The molecule has 0 bridgehead atoms. The van der Waals surface area contributed by atoms with Gasteiger partial charge in [-0.25, -0.2) is 0 Å². The number of amides is 1. The lowest BCUT2D eigenvalue weighted by molar-refractivity contribution is -0.124. The third-order valence-electron chi connectivity index (χ3n) is 2.77. The number of thiophene rings is 1. The van der Waals surface area contributed by atoms with Gasteiger partial charge < -0.3 is 11.1 Å². The average molecular weight is 240 g/mol. The van der Waals surface area contributed by atoms with E-state index < -0.39 is 0 Å². The van der Waals surface area contributed by atoms with Crippen LogP contribution < -0.4 is 11.1 Å². The van der Waals surface area contributed by atoms with Crippen LogP contribution in [0.25, 0.3) is 0 Å². The van der Waals surface area contributed by atoms with E-state index in [1.807, 2.05) is 6.92 Å². The summed E-state index contributed by atoms with van der Waals surface area (Å²) in [6.45, 7) is 5.22. The van der Waals surface area contributed by atoms with Crippen LogP contribution in [0, 0.1) is 12.8 Å². The first kappa shape index (κ1) is 13.2. The molecule has 1 amide bonds. The minimum Gasteiger partial charge on any atom is -0.355 e. The number of nitrogens with two attached hydrogens (primary N) is 1. The lowest BCUT2D eigenvalue weighted by Crippen LogP contribution is -2.35. The lowest BCUT2D eigenvalue weighted by Gasteiger charge is -2.12. The topological polar surface area (TPSA) is 55.1 Å². The maximum Gasteiger partial charge on any atom is 0.224 e. The van der Waals surface area contributed by atoms with Gasteiger partial charge in [0.15, 0.2) is 0 Å². The normalized spacial score (nSPS) is 12.4. The molecule has 1 aromatic heterocycles. The largest absolute Gasteiger partial charge is 0.355 e. The number of hydrogen-bond donors (Lipinski definition) is 2. The second-order valence-electron chi connectivity index (χ2n) is 3.91. The van der Waals surface area contributed by atoms with Crippen molar-refractivity contribution < 1.29 is 4.79 Å². The monoisotopic (exact) mass is 240 g/mol. The quantitative estimate of drug-likeness (QED) is 0.795. The number of hydrogen-bond acceptors (Lipinski definition) is 3. The van der Waals surface area contributed by atoms with Gasteiger partial charge in [-0.15, -0.1) is 11.3 Å². The fraction of sp³-hybridized carbons (Fsp3) is 0.583. The predicted octanol–water partition coefficient (Wildman–Crippen LogP) is 1.70. The summed E-state index contributed by atoms with van der Waals surface area (Å²) in [6, 6.07) is 2.11. The molecule has 0 aliphatic rings. The third kappa shape index (κ3) is 3.61. The molecule has 1 aromatic rings. The Balaban J connectivity index is 2.30. The molecule has 90 valence electrons. The molecule has 0 saturated heterocycles. The molecular weight excluding hydrogens is 220 g/mol. The SMILES string of the molecule is CCC(CN)C(=O)NCCc1sccc1C. The number of rotatable bonds is 6. The van der Waals surface area contributed by atoms with E-state index in [1.54, 1.807) is 11.3 Å². The average Bonchev–Trinajstić information content (AvgIpc) is 2.66. The van der Waals surface area contributed by atoms with Crippen molar-refractivity contribution in [3.05, 3.63) is 21.9 Å².